The molecule has 0 bridgehead atoms. The Morgan fingerprint density at radius 3 is 2.56 bits per heavy atom. The van der Waals surface area contributed by atoms with Crippen LogP contribution in [0.25, 0.3) is 5.69 Å². The van der Waals surface area contributed by atoms with Crippen molar-refractivity contribution in [1.29, 1.82) is 0 Å². The Bertz CT molecular complexity index is 898. The highest BCUT2D eigenvalue weighted by molar-refractivity contribution is 6.06. The number of benzene rings is 1. The predicted octanol–water partition coefficient (Wildman–Crippen LogP) is 2.03. The SMILES string of the molecule is CCOC(=O)c1cnn(-c2ccccc2)c1NC(=O)c1ccnn1C. The second kappa shape index (κ2) is 7.00. The molecule has 25 heavy (non-hydrogen) atoms. The fourth-order valence-electron chi connectivity index (χ4n) is 2.36. The number of carbonyl (C=O) groups excluding carboxylic acids is 2. The van der Waals surface area contributed by atoms with Gasteiger partial charge >= 0.3 is 5.97 Å². The van der Waals surface area contributed by atoms with E-state index in [2.05, 4.69) is 15.5 Å². The zero-order chi connectivity index (χ0) is 17.8. The fourth-order valence-corrected chi connectivity index (χ4v) is 2.36. The van der Waals surface area contributed by atoms with Crippen LogP contribution in [-0.4, -0.2) is 38.0 Å². The van der Waals surface area contributed by atoms with E-state index in [-0.39, 0.29) is 18.0 Å². The molecule has 8 heteroatoms. The van der Waals surface area contributed by atoms with E-state index >= 15 is 0 Å². The van der Waals surface area contributed by atoms with Crippen LogP contribution >= 0.6 is 0 Å². The second-order valence-corrected chi connectivity index (χ2v) is 5.17. The van der Waals surface area contributed by atoms with E-state index in [1.165, 1.54) is 21.8 Å². The van der Waals surface area contributed by atoms with Crippen molar-refractivity contribution < 1.29 is 14.3 Å². The van der Waals surface area contributed by atoms with Gasteiger partial charge in [-0.3, -0.25) is 9.48 Å². The first-order chi connectivity index (χ1) is 12.1. The summed E-state index contributed by atoms with van der Waals surface area (Å²) in [5, 5.41) is 10.9. The minimum absolute atomic E-state index is 0.182. The van der Waals surface area contributed by atoms with Crippen molar-refractivity contribution in [3.05, 3.63) is 60.0 Å². The second-order valence-electron chi connectivity index (χ2n) is 5.17. The van der Waals surface area contributed by atoms with Gasteiger partial charge in [-0.15, -0.1) is 0 Å². The van der Waals surface area contributed by atoms with E-state index in [1.807, 2.05) is 30.3 Å². The molecular weight excluding hydrogens is 322 g/mol. The number of anilines is 1. The van der Waals surface area contributed by atoms with E-state index in [0.29, 0.717) is 11.4 Å². The van der Waals surface area contributed by atoms with Crippen LogP contribution in [0.3, 0.4) is 0 Å². The van der Waals surface area contributed by atoms with Gasteiger partial charge in [0.1, 0.15) is 11.3 Å². The van der Waals surface area contributed by atoms with E-state index in [0.717, 1.165) is 0 Å². The smallest absolute Gasteiger partial charge is 0.343 e. The highest BCUT2D eigenvalue weighted by Crippen LogP contribution is 2.22. The van der Waals surface area contributed by atoms with E-state index < -0.39 is 11.9 Å². The Balaban J connectivity index is 2.02. The standard InChI is InChI=1S/C17H17N5O3/c1-3-25-17(24)13-11-19-22(12-7-5-4-6-8-12)15(13)20-16(23)14-9-10-18-21(14)2/h4-11H,3H2,1-2H3,(H,20,23). The number of aromatic nitrogens is 4. The molecule has 8 nitrogen and oxygen atoms in total. The third kappa shape index (κ3) is 3.27. The van der Waals surface area contributed by atoms with Crippen LogP contribution in [0.5, 0.6) is 0 Å². The topological polar surface area (TPSA) is 91.0 Å². The maximum Gasteiger partial charge on any atom is 0.343 e. The molecular formula is C17H17N5O3. The molecule has 0 aliphatic heterocycles. The predicted molar refractivity (Wildman–Crippen MR) is 90.7 cm³/mol. The van der Waals surface area contributed by atoms with Crippen molar-refractivity contribution >= 4 is 17.7 Å². The number of amides is 1. The summed E-state index contributed by atoms with van der Waals surface area (Å²) in [5.74, 6) is -0.705. The Kier molecular flexibility index (Phi) is 4.60. The Hall–Kier alpha value is -3.42. The van der Waals surface area contributed by atoms with E-state index in [1.54, 1.807) is 20.0 Å². The van der Waals surface area contributed by atoms with Crippen LogP contribution in [0, 0.1) is 0 Å². The van der Waals surface area contributed by atoms with Gasteiger partial charge in [0.15, 0.2) is 5.82 Å². The first-order valence-corrected chi connectivity index (χ1v) is 7.71. The number of para-hydroxylation sites is 1. The quantitative estimate of drug-likeness (QED) is 0.718. The summed E-state index contributed by atoms with van der Waals surface area (Å²) in [6.07, 6.45) is 2.90. The molecule has 0 aliphatic carbocycles. The third-order valence-electron chi connectivity index (χ3n) is 3.55. The Morgan fingerprint density at radius 1 is 1.16 bits per heavy atom. The van der Waals surface area contributed by atoms with Gasteiger partial charge in [0.05, 0.1) is 18.5 Å². The molecule has 0 unspecified atom stereocenters. The molecule has 3 aromatic rings. The molecule has 0 aliphatic rings. The molecule has 1 amide bonds. The van der Waals surface area contributed by atoms with E-state index in [9.17, 15) is 9.59 Å². The molecule has 1 N–H and O–H groups in total. The van der Waals surface area contributed by atoms with Crippen molar-refractivity contribution in [3.8, 4) is 5.69 Å². The minimum Gasteiger partial charge on any atom is -0.462 e. The molecule has 128 valence electrons. The summed E-state index contributed by atoms with van der Waals surface area (Å²) in [7, 11) is 1.66. The summed E-state index contributed by atoms with van der Waals surface area (Å²) in [5.41, 5.74) is 1.25. The summed E-state index contributed by atoms with van der Waals surface area (Å²) < 4.78 is 7.99. The maximum atomic E-state index is 12.5. The van der Waals surface area contributed by atoms with Crippen molar-refractivity contribution in [2.24, 2.45) is 7.05 Å². The lowest BCUT2D eigenvalue weighted by atomic mass is 10.3. The van der Waals surface area contributed by atoms with Gasteiger partial charge in [-0.2, -0.15) is 10.2 Å². The molecule has 3 rings (SSSR count). The van der Waals surface area contributed by atoms with E-state index in [4.69, 9.17) is 4.74 Å². The molecule has 0 fully saturated rings. The van der Waals surface area contributed by atoms with Crippen molar-refractivity contribution in [2.45, 2.75) is 6.92 Å². The average Bonchev–Trinajstić information content (AvgIpc) is 3.22. The number of carbonyl (C=O) groups is 2. The molecule has 0 saturated carbocycles. The van der Waals surface area contributed by atoms with Crippen molar-refractivity contribution in [2.75, 3.05) is 11.9 Å². The largest absolute Gasteiger partial charge is 0.462 e. The van der Waals surface area contributed by atoms with Crippen LogP contribution in [0.1, 0.15) is 27.8 Å². The van der Waals surface area contributed by atoms with Crippen LogP contribution in [0.4, 0.5) is 5.82 Å². The lowest BCUT2D eigenvalue weighted by molar-refractivity contribution is 0.0527. The fraction of sp³-hybridized carbons (Fsp3) is 0.176. The molecule has 0 radical (unpaired) electrons. The van der Waals surface area contributed by atoms with Crippen molar-refractivity contribution in [3.63, 3.8) is 0 Å². The van der Waals surface area contributed by atoms with Crippen LogP contribution in [0.2, 0.25) is 0 Å². The lowest BCUT2D eigenvalue weighted by Crippen LogP contribution is -2.20. The first-order valence-electron chi connectivity index (χ1n) is 7.71. The number of ether oxygens (including phenoxy) is 1. The van der Waals surface area contributed by atoms with Gasteiger partial charge in [0.2, 0.25) is 0 Å². The third-order valence-corrected chi connectivity index (χ3v) is 3.55. The molecule has 0 spiro atoms. The molecule has 1 aromatic carbocycles. The molecule has 0 atom stereocenters. The number of aryl methyl sites for hydroxylation is 1. The number of nitrogens with zero attached hydrogens (tertiary/aromatic N) is 4. The number of rotatable bonds is 5. The van der Waals surface area contributed by atoms with Crippen LogP contribution in [0.15, 0.2) is 48.8 Å². The van der Waals surface area contributed by atoms with Gasteiger partial charge in [-0.05, 0) is 25.1 Å². The lowest BCUT2D eigenvalue weighted by Gasteiger charge is -2.11. The summed E-state index contributed by atoms with van der Waals surface area (Å²) in [6, 6.07) is 10.8. The number of esters is 1. The maximum absolute atomic E-state index is 12.5. The summed E-state index contributed by atoms with van der Waals surface area (Å²) >= 11 is 0. The monoisotopic (exact) mass is 339 g/mol. The Labute approximate surface area is 144 Å². The highest BCUT2D eigenvalue weighted by atomic mass is 16.5. The summed E-state index contributed by atoms with van der Waals surface area (Å²) in [6.45, 7) is 1.94. The number of hydrogen-bond donors (Lipinski definition) is 1. The zero-order valence-electron chi connectivity index (χ0n) is 13.8. The van der Waals surface area contributed by atoms with Crippen molar-refractivity contribution in [1.82, 2.24) is 19.6 Å². The molecule has 2 heterocycles. The Morgan fingerprint density at radius 2 is 1.92 bits per heavy atom. The molecule has 0 saturated heterocycles. The van der Waals surface area contributed by atoms with Crippen LogP contribution in [-0.2, 0) is 11.8 Å². The summed E-state index contributed by atoms with van der Waals surface area (Å²) in [4.78, 5) is 24.7. The number of nitrogens with one attached hydrogen (secondary N) is 1. The average molecular weight is 339 g/mol. The van der Waals surface area contributed by atoms with Gasteiger partial charge in [0.25, 0.3) is 5.91 Å². The molecule has 2 aromatic heterocycles. The zero-order valence-corrected chi connectivity index (χ0v) is 13.8. The normalized spacial score (nSPS) is 10.5. The van der Waals surface area contributed by atoms with Gasteiger partial charge < -0.3 is 10.1 Å². The number of hydrogen-bond acceptors (Lipinski definition) is 5. The first kappa shape index (κ1) is 16.4. The minimum atomic E-state index is -0.551. The van der Waals surface area contributed by atoms with Gasteiger partial charge in [-0.1, -0.05) is 18.2 Å². The van der Waals surface area contributed by atoms with Gasteiger partial charge in [-0.25, -0.2) is 9.48 Å². The van der Waals surface area contributed by atoms with Crippen LogP contribution < -0.4 is 5.32 Å². The highest BCUT2D eigenvalue weighted by Gasteiger charge is 2.22. The van der Waals surface area contributed by atoms with Gasteiger partial charge in [0, 0.05) is 13.2 Å².